The lowest BCUT2D eigenvalue weighted by Crippen LogP contribution is -2.13. The largest absolute Gasteiger partial charge is 0.324 e. The Morgan fingerprint density at radius 3 is 2.44 bits per heavy atom. The molecule has 0 spiro atoms. The zero-order chi connectivity index (χ0) is 11.5. The minimum absolute atomic E-state index is 0.0968. The van der Waals surface area contributed by atoms with Crippen LogP contribution < -0.4 is 5.73 Å². The van der Waals surface area contributed by atoms with Gasteiger partial charge in [-0.15, -0.1) is 0 Å². The van der Waals surface area contributed by atoms with Gasteiger partial charge in [0, 0.05) is 17.3 Å². The monoisotopic (exact) mass is 221 g/mol. The predicted molar refractivity (Wildman–Crippen MR) is 66.3 cm³/mol. The van der Waals surface area contributed by atoms with Crippen molar-refractivity contribution in [3.05, 3.63) is 17.5 Å². The first-order valence-corrected chi connectivity index (χ1v) is 6.49. The number of nitrogens with zero attached hydrogens (tertiary/aromatic N) is 2. The highest BCUT2D eigenvalue weighted by Crippen LogP contribution is 2.29. The molecule has 1 aliphatic rings. The summed E-state index contributed by atoms with van der Waals surface area (Å²) in [7, 11) is 0. The van der Waals surface area contributed by atoms with E-state index in [4.69, 9.17) is 5.73 Å². The third-order valence-corrected chi connectivity index (χ3v) is 3.74. The molecule has 1 aromatic rings. The zero-order valence-corrected chi connectivity index (χ0v) is 10.4. The van der Waals surface area contributed by atoms with Crippen LogP contribution in [-0.4, -0.2) is 9.78 Å². The molecule has 0 bridgehead atoms. The number of aromatic nitrogens is 2. The van der Waals surface area contributed by atoms with Crippen molar-refractivity contribution in [3.8, 4) is 0 Å². The average molecular weight is 221 g/mol. The fourth-order valence-corrected chi connectivity index (χ4v) is 2.75. The van der Waals surface area contributed by atoms with Crippen LogP contribution >= 0.6 is 0 Å². The van der Waals surface area contributed by atoms with Crippen molar-refractivity contribution in [1.82, 2.24) is 9.78 Å². The molecular formula is C13H23N3. The molecule has 1 aromatic heterocycles. The van der Waals surface area contributed by atoms with Crippen molar-refractivity contribution in [2.45, 2.75) is 64.5 Å². The van der Waals surface area contributed by atoms with Crippen molar-refractivity contribution < 1.29 is 0 Å². The van der Waals surface area contributed by atoms with Gasteiger partial charge in [0.1, 0.15) is 0 Å². The Bertz CT molecular complexity index is 333. The van der Waals surface area contributed by atoms with E-state index >= 15 is 0 Å². The Balaban J connectivity index is 2.19. The Hall–Kier alpha value is -0.830. The molecule has 0 amide bonds. The maximum atomic E-state index is 5.93. The summed E-state index contributed by atoms with van der Waals surface area (Å²) >= 11 is 0. The normalized spacial score (nSPS) is 20.7. The quantitative estimate of drug-likeness (QED) is 0.780. The lowest BCUT2D eigenvalue weighted by molar-refractivity contribution is 0.397. The van der Waals surface area contributed by atoms with Crippen LogP contribution in [0.4, 0.5) is 0 Å². The molecule has 1 unspecified atom stereocenters. The highest BCUT2D eigenvalue weighted by molar-refractivity contribution is 5.20. The van der Waals surface area contributed by atoms with Gasteiger partial charge < -0.3 is 5.73 Å². The van der Waals surface area contributed by atoms with Crippen LogP contribution in [0.2, 0.25) is 0 Å². The number of hydrogen-bond acceptors (Lipinski definition) is 2. The second kappa shape index (κ2) is 5.00. The third-order valence-electron chi connectivity index (χ3n) is 3.74. The maximum Gasteiger partial charge on any atom is 0.0540 e. The molecule has 1 fully saturated rings. The van der Waals surface area contributed by atoms with Crippen molar-refractivity contribution in [2.75, 3.05) is 0 Å². The molecule has 1 atom stereocenters. The van der Waals surface area contributed by atoms with Crippen LogP contribution in [0.1, 0.15) is 68.8 Å². The zero-order valence-electron chi connectivity index (χ0n) is 10.4. The number of hydrogen-bond donors (Lipinski definition) is 1. The van der Waals surface area contributed by atoms with Gasteiger partial charge in [-0.1, -0.05) is 25.7 Å². The molecule has 0 radical (unpaired) electrons. The van der Waals surface area contributed by atoms with Crippen molar-refractivity contribution >= 4 is 0 Å². The molecule has 1 aliphatic carbocycles. The average Bonchev–Trinajstić information content (AvgIpc) is 2.50. The minimum atomic E-state index is 0.0968. The summed E-state index contributed by atoms with van der Waals surface area (Å²) in [6.07, 6.45) is 9.97. The fraction of sp³-hybridized carbons (Fsp3) is 0.769. The predicted octanol–water partition coefficient (Wildman–Crippen LogP) is 3.11. The van der Waals surface area contributed by atoms with E-state index in [1.807, 2.05) is 13.1 Å². The molecule has 1 heterocycles. The van der Waals surface area contributed by atoms with E-state index in [0.717, 1.165) is 0 Å². The fourth-order valence-electron chi connectivity index (χ4n) is 2.75. The van der Waals surface area contributed by atoms with Gasteiger partial charge in [0.2, 0.25) is 0 Å². The molecule has 16 heavy (non-hydrogen) atoms. The van der Waals surface area contributed by atoms with Crippen LogP contribution in [0.3, 0.4) is 0 Å². The molecule has 90 valence electrons. The summed E-state index contributed by atoms with van der Waals surface area (Å²) in [6, 6.07) is 0.703. The van der Waals surface area contributed by atoms with Gasteiger partial charge in [0.15, 0.2) is 0 Å². The summed E-state index contributed by atoms with van der Waals surface area (Å²) in [5, 5.41) is 4.54. The van der Waals surface area contributed by atoms with Gasteiger partial charge in [0.25, 0.3) is 0 Å². The SMILES string of the molecule is Cc1c(C(C)N)cnn1C1CCCCCC1. The first kappa shape index (κ1) is 11.6. The van der Waals surface area contributed by atoms with Gasteiger partial charge >= 0.3 is 0 Å². The van der Waals surface area contributed by atoms with E-state index in [-0.39, 0.29) is 6.04 Å². The van der Waals surface area contributed by atoms with Gasteiger partial charge in [0.05, 0.1) is 12.2 Å². The Morgan fingerprint density at radius 2 is 1.94 bits per heavy atom. The summed E-state index contributed by atoms with van der Waals surface area (Å²) in [4.78, 5) is 0. The number of nitrogens with two attached hydrogens (primary N) is 1. The van der Waals surface area contributed by atoms with E-state index in [1.165, 1.54) is 49.8 Å². The van der Waals surface area contributed by atoms with E-state index in [9.17, 15) is 0 Å². The smallest absolute Gasteiger partial charge is 0.0540 e. The lowest BCUT2D eigenvalue weighted by atomic mass is 10.1. The van der Waals surface area contributed by atoms with E-state index < -0.39 is 0 Å². The van der Waals surface area contributed by atoms with E-state index in [2.05, 4.69) is 16.7 Å². The van der Waals surface area contributed by atoms with Crippen molar-refractivity contribution in [3.63, 3.8) is 0 Å². The molecule has 1 saturated carbocycles. The minimum Gasteiger partial charge on any atom is -0.324 e. The first-order valence-electron chi connectivity index (χ1n) is 6.49. The third kappa shape index (κ3) is 2.29. The molecule has 3 heteroatoms. The molecule has 2 rings (SSSR count). The van der Waals surface area contributed by atoms with Crippen LogP contribution in [0, 0.1) is 6.92 Å². The topological polar surface area (TPSA) is 43.8 Å². The van der Waals surface area contributed by atoms with Crippen molar-refractivity contribution in [2.24, 2.45) is 5.73 Å². The van der Waals surface area contributed by atoms with E-state index in [0.29, 0.717) is 6.04 Å². The standard InChI is InChI=1S/C13H23N3/c1-10(14)13-9-15-16(11(13)2)12-7-5-3-4-6-8-12/h9-10,12H,3-8,14H2,1-2H3. The van der Waals surface area contributed by atoms with Gasteiger partial charge in [-0.25, -0.2) is 0 Å². The van der Waals surface area contributed by atoms with Crippen LogP contribution in [0.25, 0.3) is 0 Å². The second-order valence-corrected chi connectivity index (χ2v) is 5.06. The van der Waals surface area contributed by atoms with E-state index in [1.54, 1.807) is 0 Å². The molecular weight excluding hydrogens is 198 g/mol. The van der Waals surface area contributed by atoms with Gasteiger partial charge in [-0.3, -0.25) is 4.68 Å². The molecule has 3 nitrogen and oxygen atoms in total. The Morgan fingerprint density at radius 1 is 1.31 bits per heavy atom. The van der Waals surface area contributed by atoms with Crippen LogP contribution in [0.5, 0.6) is 0 Å². The maximum absolute atomic E-state index is 5.93. The first-order chi connectivity index (χ1) is 7.70. The van der Waals surface area contributed by atoms with Crippen LogP contribution in [-0.2, 0) is 0 Å². The highest BCUT2D eigenvalue weighted by Gasteiger charge is 2.18. The summed E-state index contributed by atoms with van der Waals surface area (Å²) in [5.74, 6) is 0. The van der Waals surface area contributed by atoms with Gasteiger partial charge in [-0.05, 0) is 26.7 Å². The molecule has 0 aromatic carbocycles. The lowest BCUT2D eigenvalue weighted by Gasteiger charge is -2.17. The van der Waals surface area contributed by atoms with Crippen LogP contribution in [0.15, 0.2) is 6.20 Å². The molecule has 2 N–H and O–H groups in total. The highest BCUT2D eigenvalue weighted by atomic mass is 15.3. The second-order valence-electron chi connectivity index (χ2n) is 5.06. The summed E-state index contributed by atoms with van der Waals surface area (Å²) < 4.78 is 2.21. The van der Waals surface area contributed by atoms with Crippen molar-refractivity contribution in [1.29, 1.82) is 0 Å². The molecule has 0 saturated heterocycles. The Labute approximate surface area is 98.0 Å². The Kier molecular flexibility index (Phi) is 3.64. The van der Waals surface area contributed by atoms with Gasteiger partial charge in [-0.2, -0.15) is 5.10 Å². The summed E-state index contributed by atoms with van der Waals surface area (Å²) in [5.41, 5.74) is 8.40. The molecule has 0 aliphatic heterocycles. The number of rotatable bonds is 2. The summed E-state index contributed by atoms with van der Waals surface area (Å²) in [6.45, 7) is 4.18.